The van der Waals surface area contributed by atoms with Gasteiger partial charge in [0.05, 0.1) is 10.7 Å². The summed E-state index contributed by atoms with van der Waals surface area (Å²) in [7, 11) is 0. The van der Waals surface area contributed by atoms with Gasteiger partial charge in [-0.05, 0) is 31.9 Å². The lowest BCUT2D eigenvalue weighted by atomic mass is 10.00. The van der Waals surface area contributed by atoms with E-state index in [1.807, 2.05) is 24.3 Å². The molecule has 2 N–H and O–H groups in total. The third kappa shape index (κ3) is 3.50. The summed E-state index contributed by atoms with van der Waals surface area (Å²) < 4.78 is 0. The molecule has 3 rings (SSSR count). The zero-order chi connectivity index (χ0) is 15.4. The van der Waals surface area contributed by atoms with Crippen LogP contribution < -0.4 is 5.73 Å². The molecule has 1 aromatic carbocycles. The first-order chi connectivity index (χ1) is 10.8. The quantitative estimate of drug-likeness (QED) is 0.841. The zero-order valence-corrected chi connectivity index (χ0v) is 14.1. The number of nitrogens with zero attached hydrogens (tertiary/aromatic N) is 2. The number of hydrogen-bond acceptors (Lipinski definition) is 4. The third-order valence-corrected chi connectivity index (χ3v) is 5.53. The first-order valence-corrected chi connectivity index (χ1v) is 9.19. The second-order valence-corrected chi connectivity index (χ2v) is 7.00. The maximum atomic E-state index is 6.05. The molecule has 2 heterocycles. The van der Waals surface area contributed by atoms with E-state index >= 15 is 0 Å². The molecule has 1 unspecified atom stereocenters. The fourth-order valence-corrected chi connectivity index (χ4v) is 4.12. The first kappa shape index (κ1) is 15.5. The topological polar surface area (TPSA) is 42.2 Å². The van der Waals surface area contributed by atoms with Crippen molar-refractivity contribution in [1.82, 2.24) is 9.88 Å². The minimum atomic E-state index is 0.776. The lowest BCUT2D eigenvalue weighted by molar-refractivity contribution is 0.146. The van der Waals surface area contributed by atoms with Crippen LogP contribution in [-0.2, 0) is 6.42 Å². The van der Waals surface area contributed by atoms with Gasteiger partial charge >= 0.3 is 0 Å². The van der Waals surface area contributed by atoms with Crippen LogP contribution in [0.2, 0.25) is 0 Å². The predicted molar refractivity (Wildman–Crippen MR) is 95.2 cm³/mol. The average Bonchev–Trinajstić information content (AvgIpc) is 3.02. The molecular formula is C18H25N3S. The predicted octanol–water partition coefficient (Wildman–Crippen LogP) is 4.20. The van der Waals surface area contributed by atoms with Crippen molar-refractivity contribution in [1.29, 1.82) is 0 Å². The van der Waals surface area contributed by atoms with Crippen molar-refractivity contribution in [3.8, 4) is 11.3 Å². The lowest BCUT2D eigenvalue weighted by Crippen LogP contribution is -2.40. The minimum absolute atomic E-state index is 0.776. The van der Waals surface area contributed by atoms with Gasteiger partial charge in [-0.15, -0.1) is 11.3 Å². The summed E-state index contributed by atoms with van der Waals surface area (Å²) >= 11 is 1.76. The number of nitrogen functional groups attached to an aromatic ring is 1. The molecule has 118 valence electrons. The fourth-order valence-electron chi connectivity index (χ4n) is 3.34. The number of thiazole rings is 1. The van der Waals surface area contributed by atoms with E-state index in [0.717, 1.165) is 36.0 Å². The summed E-state index contributed by atoms with van der Waals surface area (Å²) in [6.45, 7) is 4.70. The van der Waals surface area contributed by atoms with Crippen LogP contribution in [0, 0.1) is 0 Å². The Balaban J connectivity index is 1.63. The maximum Gasteiger partial charge on any atom is 0.0945 e. The largest absolute Gasteiger partial charge is 0.398 e. The number of hydrogen-bond donors (Lipinski definition) is 1. The highest BCUT2D eigenvalue weighted by atomic mass is 32.1. The molecule has 0 saturated carbocycles. The Bertz CT molecular complexity index is 608. The molecule has 1 fully saturated rings. The summed E-state index contributed by atoms with van der Waals surface area (Å²) in [5.41, 5.74) is 8.92. The molecule has 2 aromatic rings. The van der Waals surface area contributed by atoms with Crippen molar-refractivity contribution in [2.45, 2.75) is 45.1 Å². The van der Waals surface area contributed by atoms with E-state index < -0.39 is 0 Å². The number of rotatable bonds is 5. The number of para-hydroxylation sites is 1. The number of benzene rings is 1. The van der Waals surface area contributed by atoms with Crippen LogP contribution >= 0.6 is 11.3 Å². The number of aromatic nitrogens is 1. The lowest BCUT2D eigenvalue weighted by Gasteiger charge is -2.34. The van der Waals surface area contributed by atoms with Gasteiger partial charge in [0.1, 0.15) is 0 Å². The molecule has 0 radical (unpaired) electrons. The second kappa shape index (κ2) is 7.25. The van der Waals surface area contributed by atoms with Crippen LogP contribution in [-0.4, -0.2) is 29.0 Å². The number of anilines is 1. The summed E-state index contributed by atoms with van der Waals surface area (Å²) in [6.07, 6.45) is 6.42. The summed E-state index contributed by atoms with van der Waals surface area (Å²) in [5.74, 6) is 0. The highest BCUT2D eigenvalue weighted by molar-refractivity contribution is 7.09. The van der Waals surface area contributed by atoms with Crippen molar-refractivity contribution in [3.05, 3.63) is 34.7 Å². The Morgan fingerprint density at radius 1 is 1.32 bits per heavy atom. The van der Waals surface area contributed by atoms with E-state index in [0.29, 0.717) is 0 Å². The number of piperidine rings is 1. The number of likely N-dealkylation sites (tertiary alicyclic amines) is 1. The Hall–Kier alpha value is -1.39. The molecule has 0 amide bonds. The molecule has 3 nitrogen and oxygen atoms in total. The van der Waals surface area contributed by atoms with E-state index in [9.17, 15) is 0 Å². The van der Waals surface area contributed by atoms with E-state index in [1.54, 1.807) is 11.3 Å². The van der Waals surface area contributed by atoms with Gasteiger partial charge < -0.3 is 5.73 Å². The van der Waals surface area contributed by atoms with Gasteiger partial charge in [-0.1, -0.05) is 31.5 Å². The molecule has 1 aromatic heterocycles. The van der Waals surface area contributed by atoms with E-state index in [2.05, 4.69) is 17.2 Å². The van der Waals surface area contributed by atoms with Gasteiger partial charge in [0.25, 0.3) is 0 Å². The third-order valence-electron chi connectivity index (χ3n) is 4.62. The highest BCUT2D eigenvalue weighted by Crippen LogP contribution is 2.27. The van der Waals surface area contributed by atoms with Gasteiger partial charge in [0.15, 0.2) is 0 Å². The molecule has 1 aliphatic heterocycles. The van der Waals surface area contributed by atoms with Crippen LogP contribution in [0.15, 0.2) is 29.6 Å². The highest BCUT2D eigenvalue weighted by Gasteiger charge is 2.20. The molecule has 22 heavy (non-hydrogen) atoms. The smallest absolute Gasteiger partial charge is 0.0945 e. The van der Waals surface area contributed by atoms with Crippen molar-refractivity contribution in [2.75, 3.05) is 18.8 Å². The van der Waals surface area contributed by atoms with E-state index in [4.69, 9.17) is 10.7 Å². The van der Waals surface area contributed by atoms with E-state index in [1.165, 1.54) is 37.2 Å². The molecular weight excluding hydrogens is 290 g/mol. The molecule has 0 spiro atoms. The van der Waals surface area contributed by atoms with Crippen LogP contribution in [0.1, 0.15) is 37.6 Å². The first-order valence-electron chi connectivity index (χ1n) is 8.31. The van der Waals surface area contributed by atoms with Crippen LogP contribution in [0.5, 0.6) is 0 Å². The molecule has 0 bridgehead atoms. The average molecular weight is 315 g/mol. The SMILES string of the molecule is CCC1CCCCN1CCc1nc(-c2ccccc2N)cs1. The van der Waals surface area contributed by atoms with Crippen molar-refractivity contribution in [3.63, 3.8) is 0 Å². The summed E-state index contributed by atoms with van der Waals surface area (Å²) in [5, 5.41) is 3.35. The van der Waals surface area contributed by atoms with Gasteiger partial charge in [0.2, 0.25) is 0 Å². The summed E-state index contributed by atoms with van der Waals surface area (Å²) in [6, 6.07) is 8.75. The Morgan fingerprint density at radius 3 is 3.00 bits per heavy atom. The fraction of sp³-hybridized carbons (Fsp3) is 0.500. The van der Waals surface area contributed by atoms with Crippen molar-refractivity contribution in [2.24, 2.45) is 0 Å². The molecule has 4 heteroatoms. The minimum Gasteiger partial charge on any atom is -0.398 e. The molecule has 1 aliphatic rings. The second-order valence-electron chi connectivity index (χ2n) is 6.06. The van der Waals surface area contributed by atoms with Gasteiger partial charge in [-0.3, -0.25) is 4.90 Å². The number of nitrogens with two attached hydrogens (primary N) is 1. The van der Waals surface area contributed by atoms with Gasteiger partial charge in [-0.2, -0.15) is 0 Å². The van der Waals surface area contributed by atoms with Crippen molar-refractivity contribution < 1.29 is 0 Å². The molecule has 1 atom stereocenters. The summed E-state index contributed by atoms with van der Waals surface area (Å²) in [4.78, 5) is 7.44. The van der Waals surface area contributed by atoms with Crippen molar-refractivity contribution >= 4 is 17.0 Å². The normalized spacial score (nSPS) is 19.4. The van der Waals surface area contributed by atoms with Gasteiger partial charge in [-0.25, -0.2) is 4.98 Å². The van der Waals surface area contributed by atoms with Crippen LogP contribution in [0.25, 0.3) is 11.3 Å². The Kier molecular flexibility index (Phi) is 5.11. The Labute approximate surface area is 137 Å². The molecule has 0 aliphatic carbocycles. The van der Waals surface area contributed by atoms with Crippen LogP contribution in [0.4, 0.5) is 5.69 Å². The molecule has 1 saturated heterocycles. The van der Waals surface area contributed by atoms with E-state index in [-0.39, 0.29) is 0 Å². The monoisotopic (exact) mass is 315 g/mol. The standard InChI is InChI=1S/C18H25N3S/c1-2-14-7-5-6-11-21(14)12-10-18-20-17(13-22-18)15-8-3-4-9-16(15)19/h3-4,8-9,13-14H,2,5-7,10-12,19H2,1H3. The zero-order valence-electron chi connectivity index (χ0n) is 13.3. The van der Waals surface area contributed by atoms with Crippen LogP contribution in [0.3, 0.4) is 0 Å². The maximum absolute atomic E-state index is 6.05. The Morgan fingerprint density at radius 2 is 2.18 bits per heavy atom. The van der Waals surface area contributed by atoms with Gasteiger partial charge in [0, 0.05) is 35.6 Å².